The monoisotopic (exact) mass is 415 g/mol. The van der Waals surface area contributed by atoms with Crippen molar-refractivity contribution in [2.75, 3.05) is 26.2 Å². The molecular formula is C23H30BrNO. The number of hydrogen-bond donors (Lipinski definition) is 1. The molecule has 1 N–H and O–H groups in total. The summed E-state index contributed by atoms with van der Waals surface area (Å²) in [5.74, 6) is 0. The van der Waals surface area contributed by atoms with Gasteiger partial charge in [0.25, 0.3) is 0 Å². The van der Waals surface area contributed by atoms with E-state index in [1.54, 1.807) is 0 Å². The van der Waals surface area contributed by atoms with Gasteiger partial charge in [-0.15, -0.1) is 0 Å². The van der Waals surface area contributed by atoms with Gasteiger partial charge in [-0.1, -0.05) is 67.6 Å². The third-order valence-corrected chi connectivity index (χ3v) is 7.04. The molecule has 3 heterocycles. The summed E-state index contributed by atoms with van der Waals surface area (Å²) in [4.78, 5) is 0. The fourth-order valence-electron chi connectivity index (χ4n) is 5.55. The smallest absolute Gasteiger partial charge is 0.121 e. The maximum Gasteiger partial charge on any atom is 0.121 e. The molecule has 3 aliphatic heterocycles. The lowest BCUT2D eigenvalue weighted by Gasteiger charge is -2.60. The Morgan fingerprint density at radius 1 is 0.846 bits per heavy atom. The van der Waals surface area contributed by atoms with Crippen LogP contribution in [-0.4, -0.2) is 35.8 Å². The van der Waals surface area contributed by atoms with E-state index in [-0.39, 0.29) is 22.4 Å². The fourth-order valence-corrected chi connectivity index (χ4v) is 5.55. The zero-order valence-corrected chi connectivity index (χ0v) is 17.3. The van der Waals surface area contributed by atoms with Crippen LogP contribution in [0.1, 0.15) is 43.7 Å². The summed E-state index contributed by atoms with van der Waals surface area (Å²) in [6.07, 6.45) is 4.61. The van der Waals surface area contributed by atoms with Gasteiger partial charge in [0, 0.05) is 24.7 Å². The third kappa shape index (κ3) is 2.94. The van der Waals surface area contributed by atoms with Gasteiger partial charge < -0.3 is 26.6 Å². The average Bonchev–Trinajstić information content (AvgIpc) is 2.70. The van der Waals surface area contributed by atoms with Crippen LogP contribution in [0, 0.1) is 5.41 Å². The molecule has 0 aliphatic carbocycles. The van der Waals surface area contributed by atoms with Crippen LogP contribution >= 0.6 is 0 Å². The highest BCUT2D eigenvalue weighted by Gasteiger charge is 2.59. The Morgan fingerprint density at radius 3 is 1.65 bits per heavy atom. The number of aliphatic hydroxyl groups is 1. The zero-order chi connectivity index (χ0) is 17.4. The Labute approximate surface area is 168 Å². The van der Waals surface area contributed by atoms with Gasteiger partial charge in [0.15, 0.2) is 0 Å². The van der Waals surface area contributed by atoms with Crippen LogP contribution in [0.4, 0.5) is 0 Å². The van der Waals surface area contributed by atoms with Crippen molar-refractivity contribution in [1.82, 2.24) is 0 Å². The van der Waals surface area contributed by atoms with Crippen molar-refractivity contribution in [3.8, 4) is 0 Å². The molecule has 0 aromatic heterocycles. The van der Waals surface area contributed by atoms with Gasteiger partial charge in [0.05, 0.1) is 26.2 Å². The van der Waals surface area contributed by atoms with E-state index < -0.39 is 5.60 Å². The van der Waals surface area contributed by atoms with E-state index in [0.717, 1.165) is 30.4 Å². The molecule has 0 spiro atoms. The van der Waals surface area contributed by atoms with Crippen molar-refractivity contribution in [2.45, 2.75) is 38.2 Å². The van der Waals surface area contributed by atoms with Gasteiger partial charge in [-0.05, 0) is 17.5 Å². The maximum atomic E-state index is 12.3. The number of hydrogen-bond acceptors (Lipinski definition) is 1. The third-order valence-electron chi connectivity index (χ3n) is 7.04. The van der Waals surface area contributed by atoms with Crippen molar-refractivity contribution in [2.24, 2.45) is 5.41 Å². The first-order valence-corrected chi connectivity index (χ1v) is 9.83. The van der Waals surface area contributed by atoms with Crippen LogP contribution < -0.4 is 17.0 Å². The molecule has 0 radical (unpaired) electrons. The molecule has 2 aromatic rings. The van der Waals surface area contributed by atoms with E-state index in [1.807, 2.05) is 12.1 Å². The highest BCUT2D eigenvalue weighted by atomic mass is 79.9. The fraction of sp³-hybridized carbons (Fsp3) is 0.478. The Kier molecular flexibility index (Phi) is 5.62. The Morgan fingerprint density at radius 2 is 1.27 bits per heavy atom. The minimum atomic E-state index is -0.891. The van der Waals surface area contributed by atoms with Crippen molar-refractivity contribution < 1.29 is 26.6 Å². The number of piperidine rings is 3. The lowest BCUT2D eigenvalue weighted by Crippen LogP contribution is -3.00. The maximum absolute atomic E-state index is 12.3. The predicted octanol–water partition coefficient (Wildman–Crippen LogP) is 1.34. The van der Waals surface area contributed by atoms with Gasteiger partial charge in [0.1, 0.15) is 5.60 Å². The van der Waals surface area contributed by atoms with Crippen molar-refractivity contribution in [3.63, 3.8) is 0 Å². The van der Waals surface area contributed by atoms with Crippen molar-refractivity contribution in [1.29, 1.82) is 0 Å². The molecule has 5 rings (SSSR count). The van der Waals surface area contributed by atoms with Gasteiger partial charge >= 0.3 is 0 Å². The molecule has 140 valence electrons. The largest absolute Gasteiger partial charge is 1.00 e. The SMILES string of the molecule is CCC[N+]12CCC(C(O)(c3ccccc3)c3ccccc3)(CC1)CC2.[Br-]. The second-order valence-corrected chi connectivity index (χ2v) is 8.21. The summed E-state index contributed by atoms with van der Waals surface area (Å²) in [6, 6.07) is 20.8. The van der Waals surface area contributed by atoms with Crippen LogP contribution in [0.25, 0.3) is 0 Å². The van der Waals surface area contributed by atoms with Gasteiger partial charge in [-0.2, -0.15) is 0 Å². The predicted molar refractivity (Wildman–Crippen MR) is 102 cm³/mol. The highest BCUT2D eigenvalue weighted by Crippen LogP contribution is 2.57. The number of rotatable bonds is 5. The molecule has 0 saturated carbocycles. The van der Waals surface area contributed by atoms with Gasteiger partial charge in [0.2, 0.25) is 0 Å². The second-order valence-electron chi connectivity index (χ2n) is 8.21. The topological polar surface area (TPSA) is 20.2 Å². The number of benzene rings is 2. The molecule has 3 aliphatic rings. The zero-order valence-electron chi connectivity index (χ0n) is 15.7. The molecule has 3 saturated heterocycles. The highest BCUT2D eigenvalue weighted by molar-refractivity contribution is 5.39. The number of quaternary nitrogens is 1. The summed E-state index contributed by atoms with van der Waals surface area (Å²) in [6.45, 7) is 7.25. The van der Waals surface area contributed by atoms with E-state index in [1.165, 1.54) is 37.1 Å². The van der Waals surface area contributed by atoms with E-state index in [4.69, 9.17) is 0 Å². The Balaban J connectivity index is 0.00000196. The summed E-state index contributed by atoms with van der Waals surface area (Å²) < 4.78 is 1.28. The van der Waals surface area contributed by atoms with Crippen LogP contribution in [0.2, 0.25) is 0 Å². The summed E-state index contributed by atoms with van der Waals surface area (Å²) in [7, 11) is 0. The van der Waals surface area contributed by atoms with Crippen LogP contribution in [0.3, 0.4) is 0 Å². The molecule has 0 unspecified atom stereocenters. The van der Waals surface area contributed by atoms with E-state index in [9.17, 15) is 5.11 Å². The Hall–Kier alpha value is -1.16. The van der Waals surface area contributed by atoms with E-state index >= 15 is 0 Å². The molecule has 0 amide bonds. The first-order valence-electron chi connectivity index (χ1n) is 9.83. The van der Waals surface area contributed by atoms with Gasteiger partial charge in [-0.25, -0.2) is 0 Å². The lowest BCUT2D eigenvalue weighted by atomic mass is 9.56. The molecule has 0 atom stereocenters. The summed E-state index contributed by atoms with van der Waals surface area (Å²) in [5.41, 5.74) is 1.18. The number of fused-ring (bicyclic) bond motifs is 3. The van der Waals surface area contributed by atoms with Crippen molar-refractivity contribution in [3.05, 3.63) is 71.8 Å². The first kappa shape index (κ1) is 19.6. The Bertz CT molecular complexity index is 651. The summed E-state index contributed by atoms with van der Waals surface area (Å²) >= 11 is 0. The van der Waals surface area contributed by atoms with Crippen LogP contribution in [0.5, 0.6) is 0 Å². The van der Waals surface area contributed by atoms with E-state index in [0.29, 0.717) is 0 Å². The number of nitrogens with zero attached hydrogens (tertiary/aromatic N) is 1. The second kappa shape index (κ2) is 7.46. The minimum Gasteiger partial charge on any atom is -1.00 e. The summed E-state index contributed by atoms with van der Waals surface area (Å²) in [5, 5.41) is 12.3. The number of halogens is 1. The van der Waals surface area contributed by atoms with Gasteiger partial charge in [-0.3, -0.25) is 0 Å². The molecule has 2 bridgehead atoms. The minimum absolute atomic E-state index is 0. The molecule has 26 heavy (non-hydrogen) atoms. The standard InChI is InChI=1S/C23H30NO.BrH/c1-2-16-24-17-13-22(14-18-24,15-19-24)23(25,20-9-5-3-6-10-20)21-11-7-4-8-12-21;/h3-12,25H,2,13-19H2,1H3;1H/q+1;/p-1. The average molecular weight is 416 g/mol. The first-order chi connectivity index (χ1) is 12.1. The van der Waals surface area contributed by atoms with Crippen molar-refractivity contribution >= 4 is 0 Å². The van der Waals surface area contributed by atoms with E-state index in [2.05, 4.69) is 55.5 Å². The quantitative estimate of drug-likeness (QED) is 0.730. The van der Waals surface area contributed by atoms with Crippen LogP contribution in [-0.2, 0) is 5.60 Å². The lowest BCUT2D eigenvalue weighted by molar-refractivity contribution is -0.946. The molecular weight excluding hydrogens is 386 g/mol. The molecule has 3 heteroatoms. The normalized spacial score (nSPS) is 27.8. The molecule has 2 nitrogen and oxygen atoms in total. The molecule has 2 aromatic carbocycles. The molecule has 3 fully saturated rings. The van der Waals surface area contributed by atoms with Crippen LogP contribution in [0.15, 0.2) is 60.7 Å².